The van der Waals surface area contributed by atoms with Gasteiger partial charge in [0.15, 0.2) is 6.54 Å². The number of imide groups is 1. The number of benzene rings is 1. The number of hydrogen-bond acceptors (Lipinski definition) is 2. The molecule has 1 aromatic carbocycles. The fourth-order valence-electron chi connectivity index (χ4n) is 3.12. The Hall–Kier alpha value is -1.88. The summed E-state index contributed by atoms with van der Waals surface area (Å²) in [5, 5.41) is 4.72. The zero-order chi connectivity index (χ0) is 17.7. The summed E-state index contributed by atoms with van der Waals surface area (Å²) in [4.78, 5) is 25.1. The topological polar surface area (TPSA) is 66.0 Å². The highest BCUT2D eigenvalue weighted by molar-refractivity contribution is 5.96. The summed E-state index contributed by atoms with van der Waals surface area (Å²) in [7, 11) is 0. The summed E-state index contributed by atoms with van der Waals surface area (Å²) in [6.07, 6.45) is 1.13. The van der Waals surface area contributed by atoms with Crippen molar-refractivity contribution < 1.29 is 14.9 Å². The van der Waals surface area contributed by atoms with Crippen molar-refractivity contribution in [2.75, 3.05) is 19.6 Å². The molecular formula is C19H30N3O2+. The fourth-order valence-corrected chi connectivity index (χ4v) is 3.12. The Morgan fingerprint density at radius 2 is 1.83 bits per heavy atom. The van der Waals surface area contributed by atoms with E-state index < -0.39 is 0 Å². The van der Waals surface area contributed by atoms with Crippen LogP contribution in [0.25, 0.3) is 0 Å². The Bertz CT molecular complexity index is 568. The van der Waals surface area contributed by atoms with Crippen LogP contribution in [-0.2, 0) is 4.79 Å². The summed E-state index contributed by atoms with van der Waals surface area (Å²) in [5.41, 5.74) is 2.59. The van der Waals surface area contributed by atoms with Gasteiger partial charge in [-0.3, -0.25) is 9.69 Å². The normalized spacial score (nSPS) is 17.0. The molecule has 2 rings (SSSR count). The molecule has 1 saturated heterocycles. The van der Waals surface area contributed by atoms with E-state index in [-0.39, 0.29) is 18.0 Å². The minimum atomic E-state index is -0.271. The van der Waals surface area contributed by atoms with Crippen LogP contribution in [0, 0.1) is 5.92 Å². The van der Waals surface area contributed by atoms with Crippen LogP contribution >= 0.6 is 0 Å². The van der Waals surface area contributed by atoms with E-state index in [1.54, 1.807) is 0 Å². The third-order valence-corrected chi connectivity index (χ3v) is 4.93. The fraction of sp³-hybridized carbons (Fsp3) is 0.579. The van der Waals surface area contributed by atoms with Crippen LogP contribution in [-0.4, -0.2) is 36.5 Å². The van der Waals surface area contributed by atoms with Crippen LogP contribution in [0.5, 0.6) is 0 Å². The first-order valence-corrected chi connectivity index (χ1v) is 8.95. The average molecular weight is 332 g/mol. The molecule has 2 atom stereocenters. The van der Waals surface area contributed by atoms with E-state index in [2.05, 4.69) is 62.6 Å². The van der Waals surface area contributed by atoms with Gasteiger partial charge in [0, 0.05) is 24.6 Å². The molecule has 0 saturated carbocycles. The number of nitrogens with one attached hydrogen (secondary N) is 1. The van der Waals surface area contributed by atoms with Gasteiger partial charge in [-0.15, -0.1) is 0 Å². The summed E-state index contributed by atoms with van der Waals surface area (Å²) in [6.45, 7) is 10.1. The maximum Gasteiger partial charge on any atom is 0.324 e. The second kappa shape index (κ2) is 8.29. The van der Waals surface area contributed by atoms with Crippen molar-refractivity contribution in [2.24, 2.45) is 5.92 Å². The molecule has 5 heteroatoms. The van der Waals surface area contributed by atoms with Gasteiger partial charge in [0.25, 0.3) is 5.91 Å². The van der Waals surface area contributed by atoms with Crippen molar-refractivity contribution in [1.29, 1.82) is 0 Å². The van der Waals surface area contributed by atoms with Crippen LogP contribution in [0.1, 0.15) is 57.2 Å². The molecule has 3 amide bonds. The third kappa shape index (κ3) is 4.35. The summed E-state index contributed by atoms with van der Waals surface area (Å²) in [5.74, 6) is 0.849. The second-order valence-electron chi connectivity index (χ2n) is 6.96. The first kappa shape index (κ1) is 18.5. The molecule has 0 radical (unpaired) electrons. The molecule has 0 aromatic heterocycles. The van der Waals surface area contributed by atoms with E-state index in [9.17, 15) is 9.59 Å². The molecule has 1 aromatic rings. The summed E-state index contributed by atoms with van der Waals surface area (Å²) >= 11 is 0. The Morgan fingerprint density at radius 1 is 1.21 bits per heavy atom. The van der Waals surface area contributed by atoms with Gasteiger partial charge in [0.2, 0.25) is 0 Å². The number of urea groups is 1. The lowest BCUT2D eigenvalue weighted by atomic mass is 9.92. The standard InChI is InChI=1S/C19H29N3O2/c1-5-14(4)15-6-8-16(9-7-15)18(13(2)3)21-12-17(23)22-11-10-20-19(22)24/h6-9,13-14,18,21H,5,10-12H2,1-4H3,(H,20,24)/p+1/t14-,18-/m0/s1. The van der Waals surface area contributed by atoms with Gasteiger partial charge in [-0.25, -0.2) is 4.79 Å². The van der Waals surface area contributed by atoms with Crippen LogP contribution in [0.3, 0.4) is 0 Å². The predicted octanol–water partition coefficient (Wildman–Crippen LogP) is 2.01. The van der Waals surface area contributed by atoms with Gasteiger partial charge in [-0.05, 0) is 17.9 Å². The number of carbonyl (C=O) groups is 2. The van der Waals surface area contributed by atoms with Crippen LogP contribution in [0.2, 0.25) is 0 Å². The maximum atomic E-state index is 12.2. The Morgan fingerprint density at radius 3 is 2.33 bits per heavy atom. The molecular weight excluding hydrogens is 302 g/mol. The molecule has 24 heavy (non-hydrogen) atoms. The number of amides is 3. The Labute approximate surface area is 144 Å². The van der Waals surface area contributed by atoms with Crippen molar-refractivity contribution >= 4 is 11.9 Å². The first-order chi connectivity index (χ1) is 11.4. The average Bonchev–Trinajstić information content (AvgIpc) is 3.00. The molecule has 132 valence electrons. The highest BCUT2D eigenvalue weighted by atomic mass is 16.2. The summed E-state index contributed by atoms with van der Waals surface area (Å²) < 4.78 is 0. The number of nitrogens with two attached hydrogens (primary N) is 1. The molecule has 5 nitrogen and oxygen atoms in total. The highest BCUT2D eigenvalue weighted by Gasteiger charge is 2.28. The molecule has 1 heterocycles. The first-order valence-electron chi connectivity index (χ1n) is 8.95. The zero-order valence-corrected chi connectivity index (χ0v) is 15.2. The number of nitrogens with zero attached hydrogens (tertiary/aromatic N) is 1. The molecule has 0 aliphatic carbocycles. The quantitative estimate of drug-likeness (QED) is 0.802. The minimum absolute atomic E-state index is 0.119. The minimum Gasteiger partial charge on any atom is -0.336 e. The van der Waals surface area contributed by atoms with E-state index >= 15 is 0 Å². The van der Waals surface area contributed by atoms with E-state index in [0.717, 1.165) is 6.42 Å². The lowest BCUT2D eigenvalue weighted by molar-refractivity contribution is -0.692. The van der Waals surface area contributed by atoms with Crippen LogP contribution < -0.4 is 10.6 Å². The van der Waals surface area contributed by atoms with Crippen molar-refractivity contribution in [3.05, 3.63) is 35.4 Å². The summed E-state index contributed by atoms with van der Waals surface area (Å²) in [6, 6.07) is 8.69. The molecule has 1 aliphatic heterocycles. The number of rotatable bonds is 7. The second-order valence-corrected chi connectivity index (χ2v) is 6.96. The molecule has 0 spiro atoms. The SMILES string of the molecule is CC[C@H](C)c1ccc([C@@H]([NH2+]CC(=O)N2CCNC2=O)C(C)C)cc1. The monoisotopic (exact) mass is 332 g/mol. The number of carbonyl (C=O) groups excluding carboxylic acids is 2. The van der Waals surface area contributed by atoms with Crippen molar-refractivity contribution in [3.63, 3.8) is 0 Å². The predicted molar refractivity (Wildman–Crippen MR) is 94.6 cm³/mol. The molecule has 1 aliphatic rings. The highest BCUT2D eigenvalue weighted by Crippen LogP contribution is 2.23. The maximum absolute atomic E-state index is 12.2. The Balaban J connectivity index is 2.01. The lowest BCUT2D eigenvalue weighted by Crippen LogP contribution is -2.88. The third-order valence-electron chi connectivity index (χ3n) is 4.93. The molecule has 1 fully saturated rings. The smallest absolute Gasteiger partial charge is 0.324 e. The largest absolute Gasteiger partial charge is 0.336 e. The van der Waals surface area contributed by atoms with Gasteiger partial charge < -0.3 is 10.6 Å². The zero-order valence-electron chi connectivity index (χ0n) is 15.2. The van der Waals surface area contributed by atoms with Crippen LogP contribution in [0.4, 0.5) is 4.79 Å². The number of quaternary nitrogens is 1. The van der Waals surface area contributed by atoms with E-state index in [0.29, 0.717) is 31.5 Å². The number of hydrogen-bond donors (Lipinski definition) is 2. The molecule has 0 unspecified atom stereocenters. The van der Waals surface area contributed by atoms with E-state index in [1.807, 2.05) is 0 Å². The Kier molecular flexibility index (Phi) is 6.37. The van der Waals surface area contributed by atoms with Crippen molar-refractivity contribution in [2.45, 2.75) is 46.1 Å². The van der Waals surface area contributed by atoms with Gasteiger partial charge in [-0.1, -0.05) is 52.0 Å². The van der Waals surface area contributed by atoms with E-state index in [4.69, 9.17) is 0 Å². The lowest BCUT2D eigenvalue weighted by Gasteiger charge is -2.21. The van der Waals surface area contributed by atoms with Gasteiger partial charge >= 0.3 is 6.03 Å². The van der Waals surface area contributed by atoms with Gasteiger partial charge in [0.05, 0.1) is 0 Å². The molecule has 3 N–H and O–H groups in total. The van der Waals surface area contributed by atoms with E-state index in [1.165, 1.54) is 16.0 Å². The van der Waals surface area contributed by atoms with Crippen LogP contribution in [0.15, 0.2) is 24.3 Å². The van der Waals surface area contributed by atoms with Gasteiger partial charge in [-0.2, -0.15) is 0 Å². The van der Waals surface area contributed by atoms with Crippen molar-refractivity contribution in [3.8, 4) is 0 Å². The van der Waals surface area contributed by atoms with Crippen molar-refractivity contribution in [1.82, 2.24) is 10.2 Å². The molecule has 0 bridgehead atoms. The van der Waals surface area contributed by atoms with Gasteiger partial charge in [0.1, 0.15) is 6.04 Å².